The van der Waals surface area contributed by atoms with Crippen molar-refractivity contribution in [2.45, 2.75) is 19.0 Å². The first-order chi connectivity index (χ1) is 11.8. The summed E-state index contributed by atoms with van der Waals surface area (Å²) in [5, 5.41) is 10.2. The number of hydrogen-bond acceptors (Lipinski definition) is 6. The van der Waals surface area contributed by atoms with Crippen LogP contribution in [0.2, 0.25) is 0 Å². The van der Waals surface area contributed by atoms with Gasteiger partial charge in [0.2, 0.25) is 5.91 Å². The van der Waals surface area contributed by atoms with E-state index >= 15 is 0 Å². The molecule has 0 bridgehead atoms. The topological polar surface area (TPSA) is 90.3 Å². The van der Waals surface area contributed by atoms with Gasteiger partial charge in [-0.15, -0.1) is 0 Å². The molecular weight excluding hydrogens is 310 g/mol. The van der Waals surface area contributed by atoms with Crippen molar-refractivity contribution in [3.8, 4) is 5.75 Å². The molecule has 2 aromatic rings. The maximum absolute atomic E-state index is 12.1. The van der Waals surface area contributed by atoms with E-state index in [1.54, 1.807) is 11.0 Å². The van der Waals surface area contributed by atoms with Crippen molar-refractivity contribution >= 4 is 11.6 Å². The van der Waals surface area contributed by atoms with Crippen LogP contribution in [-0.2, 0) is 16.1 Å². The third-order valence-electron chi connectivity index (χ3n) is 3.60. The second-order valence-corrected chi connectivity index (χ2v) is 5.51. The fourth-order valence-electron chi connectivity index (χ4n) is 2.46. The minimum atomic E-state index is -0.0437. The molecule has 1 atom stereocenters. The molecule has 2 heterocycles. The maximum atomic E-state index is 12.1. The fourth-order valence-corrected chi connectivity index (χ4v) is 2.46. The van der Waals surface area contributed by atoms with Gasteiger partial charge in [0, 0.05) is 30.8 Å². The Bertz CT molecular complexity index is 641. The van der Waals surface area contributed by atoms with Crippen LogP contribution in [0, 0.1) is 0 Å². The van der Waals surface area contributed by atoms with E-state index in [0.717, 1.165) is 12.2 Å². The molecule has 1 saturated heterocycles. The van der Waals surface area contributed by atoms with Crippen molar-refractivity contribution < 1.29 is 14.3 Å². The zero-order chi connectivity index (χ0) is 16.6. The van der Waals surface area contributed by atoms with Gasteiger partial charge in [-0.05, 0) is 12.1 Å². The second-order valence-electron chi connectivity index (χ2n) is 5.51. The molecule has 128 valence electrons. The molecule has 1 aliphatic rings. The van der Waals surface area contributed by atoms with Gasteiger partial charge in [-0.1, -0.05) is 6.07 Å². The minimum Gasteiger partial charge on any atom is -0.492 e. The fraction of sp³-hybridized carbons (Fsp3) is 0.438. The van der Waals surface area contributed by atoms with Gasteiger partial charge in [0.15, 0.2) is 0 Å². The number of carbonyl (C=O) groups is 1. The quantitative estimate of drug-likeness (QED) is 0.775. The molecule has 0 radical (unpaired) electrons. The number of carbonyl (C=O) groups excluding carboxylic acids is 1. The van der Waals surface area contributed by atoms with Crippen molar-refractivity contribution in [1.82, 2.24) is 20.1 Å². The van der Waals surface area contributed by atoms with Gasteiger partial charge >= 0.3 is 0 Å². The molecule has 2 N–H and O–H groups in total. The molecule has 24 heavy (non-hydrogen) atoms. The summed E-state index contributed by atoms with van der Waals surface area (Å²) in [6, 6.07) is 7.42. The van der Waals surface area contributed by atoms with E-state index in [9.17, 15) is 4.79 Å². The van der Waals surface area contributed by atoms with Gasteiger partial charge in [0.25, 0.3) is 0 Å². The first-order valence-corrected chi connectivity index (χ1v) is 7.96. The summed E-state index contributed by atoms with van der Waals surface area (Å²) in [6.07, 6.45) is 3.52. The lowest BCUT2D eigenvalue weighted by Crippen LogP contribution is -2.43. The molecule has 1 aliphatic heterocycles. The summed E-state index contributed by atoms with van der Waals surface area (Å²) >= 11 is 0. The summed E-state index contributed by atoms with van der Waals surface area (Å²) in [5.41, 5.74) is 0.718. The minimum absolute atomic E-state index is 0.0437. The van der Waals surface area contributed by atoms with Crippen LogP contribution < -0.4 is 15.4 Å². The van der Waals surface area contributed by atoms with Crippen LogP contribution in [0.5, 0.6) is 5.75 Å². The lowest BCUT2D eigenvalue weighted by atomic mass is 10.2. The number of ether oxygens (including phenoxy) is 2. The van der Waals surface area contributed by atoms with Crippen LogP contribution in [0.1, 0.15) is 6.42 Å². The Hall–Kier alpha value is -2.45. The molecule has 1 fully saturated rings. The van der Waals surface area contributed by atoms with Crippen LogP contribution in [0.4, 0.5) is 5.69 Å². The predicted octanol–water partition coefficient (Wildman–Crippen LogP) is 0.674. The lowest BCUT2D eigenvalue weighted by Gasteiger charge is -2.23. The predicted molar refractivity (Wildman–Crippen MR) is 87.8 cm³/mol. The zero-order valence-corrected chi connectivity index (χ0v) is 13.4. The van der Waals surface area contributed by atoms with Crippen LogP contribution in [0.25, 0.3) is 0 Å². The van der Waals surface area contributed by atoms with E-state index < -0.39 is 0 Å². The standard InChI is InChI=1S/C16H21N5O3/c22-16(9-14-10-23-6-4-18-14)20-13-2-1-3-15(8-13)24-7-5-21-12-17-11-19-21/h1-3,8,11-12,14,18H,4-7,9-10H2,(H,20,22). The van der Waals surface area contributed by atoms with E-state index in [2.05, 4.69) is 20.7 Å². The first-order valence-electron chi connectivity index (χ1n) is 7.96. The summed E-state index contributed by atoms with van der Waals surface area (Å²) < 4.78 is 12.7. The second kappa shape index (κ2) is 8.42. The van der Waals surface area contributed by atoms with Crippen molar-refractivity contribution in [3.05, 3.63) is 36.9 Å². The monoisotopic (exact) mass is 331 g/mol. The number of aromatic nitrogens is 3. The summed E-state index contributed by atoms with van der Waals surface area (Å²) in [4.78, 5) is 16.0. The lowest BCUT2D eigenvalue weighted by molar-refractivity contribution is -0.117. The molecule has 8 heteroatoms. The van der Waals surface area contributed by atoms with Crippen molar-refractivity contribution in [3.63, 3.8) is 0 Å². The van der Waals surface area contributed by atoms with E-state index in [1.807, 2.05) is 24.3 Å². The highest BCUT2D eigenvalue weighted by molar-refractivity contribution is 5.91. The third-order valence-corrected chi connectivity index (χ3v) is 3.60. The highest BCUT2D eigenvalue weighted by Gasteiger charge is 2.16. The molecule has 0 spiro atoms. The number of morpholine rings is 1. The SMILES string of the molecule is O=C(CC1COCCN1)Nc1cccc(OCCn2cncn2)c1. The van der Waals surface area contributed by atoms with E-state index in [0.29, 0.717) is 38.5 Å². The average molecular weight is 331 g/mol. The smallest absolute Gasteiger partial charge is 0.226 e. The normalized spacial score (nSPS) is 17.4. The van der Waals surface area contributed by atoms with Gasteiger partial charge in [0.1, 0.15) is 25.0 Å². The van der Waals surface area contributed by atoms with Gasteiger partial charge in [-0.2, -0.15) is 5.10 Å². The van der Waals surface area contributed by atoms with E-state index in [1.165, 1.54) is 6.33 Å². The Labute approximate surface area is 140 Å². The first kappa shape index (κ1) is 16.4. The number of nitrogens with one attached hydrogen (secondary N) is 2. The van der Waals surface area contributed by atoms with Crippen LogP contribution in [0.3, 0.4) is 0 Å². The molecule has 8 nitrogen and oxygen atoms in total. The number of hydrogen-bond donors (Lipinski definition) is 2. The summed E-state index contributed by atoms with van der Waals surface area (Å²) in [5.74, 6) is 0.657. The maximum Gasteiger partial charge on any atom is 0.226 e. The Kier molecular flexibility index (Phi) is 5.75. The Morgan fingerprint density at radius 3 is 3.25 bits per heavy atom. The Morgan fingerprint density at radius 2 is 2.46 bits per heavy atom. The Balaban J connectivity index is 1.46. The summed E-state index contributed by atoms with van der Waals surface area (Å²) in [6.45, 7) is 3.14. The molecular formula is C16H21N5O3. The van der Waals surface area contributed by atoms with Crippen molar-refractivity contribution in [1.29, 1.82) is 0 Å². The number of amides is 1. The number of nitrogens with zero attached hydrogens (tertiary/aromatic N) is 3. The molecule has 1 aromatic heterocycles. The average Bonchev–Trinajstić information content (AvgIpc) is 3.09. The third kappa shape index (κ3) is 5.04. The van der Waals surface area contributed by atoms with Gasteiger partial charge < -0.3 is 20.1 Å². The van der Waals surface area contributed by atoms with Crippen molar-refractivity contribution in [2.75, 3.05) is 31.7 Å². The highest BCUT2D eigenvalue weighted by Crippen LogP contribution is 2.17. The number of rotatable bonds is 7. The molecule has 1 unspecified atom stereocenters. The number of anilines is 1. The van der Waals surface area contributed by atoms with Gasteiger partial charge in [-0.3, -0.25) is 4.79 Å². The largest absolute Gasteiger partial charge is 0.492 e. The number of benzene rings is 1. The van der Waals surface area contributed by atoms with Crippen LogP contribution in [0.15, 0.2) is 36.9 Å². The molecule has 1 aromatic carbocycles. The van der Waals surface area contributed by atoms with Gasteiger partial charge in [-0.25, -0.2) is 9.67 Å². The van der Waals surface area contributed by atoms with Crippen LogP contribution in [-0.4, -0.2) is 53.1 Å². The summed E-state index contributed by atoms with van der Waals surface area (Å²) in [7, 11) is 0. The van der Waals surface area contributed by atoms with Gasteiger partial charge in [0.05, 0.1) is 19.8 Å². The van der Waals surface area contributed by atoms with Crippen molar-refractivity contribution in [2.24, 2.45) is 0 Å². The molecule has 0 aliphatic carbocycles. The Morgan fingerprint density at radius 1 is 1.50 bits per heavy atom. The molecule has 0 saturated carbocycles. The van der Waals surface area contributed by atoms with Crippen LogP contribution >= 0.6 is 0 Å². The zero-order valence-electron chi connectivity index (χ0n) is 13.4. The van der Waals surface area contributed by atoms with E-state index in [-0.39, 0.29) is 11.9 Å². The highest BCUT2D eigenvalue weighted by atomic mass is 16.5. The molecule has 1 amide bonds. The molecule has 3 rings (SSSR count). The van der Waals surface area contributed by atoms with E-state index in [4.69, 9.17) is 9.47 Å².